The molecule has 1 aliphatic heterocycles. The van der Waals surface area contributed by atoms with Crippen molar-refractivity contribution in [3.05, 3.63) is 66.6 Å². The Labute approximate surface area is 187 Å². The molecule has 2 aromatic carbocycles. The molecule has 1 fully saturated rings. The highest BCUT2D eigenvalue weighted by molar-refractivity contribution is 5.84. The van der Waals surface area contributed by atoms with E-state index in [4.69, 9.17) is 10.1 Å². The molecule has 3 heterocycles. The quantitative estimate of drug-likeness (QED) is 0.459. The van der Waals surface area contributed by atoms with E-state index in [9.17, 15) is 0 Å². The Kier molecular flexibility index (Phi) is 6.09. The zero-order valence-electron chi connectivity index (χ0n) is 18.1. The summed E-state index contributed by atoms with van der Waals surface area (Å²) in [6.07, 6.45) is 9.57. The fourth-order valence-corrected chi connectivity index (χ4v) is 4.20. The number of nitrogens with zero attached hydrogens (tertiary/aromatic N) is 5. The molecule has 0 aliphatic carbocycles. The van der Waals surface area contributed by atoms with Crippen LogP contribution in [-0.2, 0) is 13.1 Å². The van der Waals surface area contributed by atoms with Crippen molar-refractivity contribution in [2.75, 3.05) is 25.0 Å². The Morgan fingerprint density at radius 1 is 0.938 bits per heavy atom. The van der Waals surface area contributed by atoms with Crippen molar-refractivity contribution in [3.63, 3.8) is 0 Å². The SMILES string of the molecule is OCCn1cc(-c2ccc3cnc(Nc4ccc(CN5CCCCC5)cc4)nc3c2)cn1. The van der Waals surface area contributed by atoms with Gasteiger partial charge in [0.15, 0.2) is 0 Å². The van der Waals surface area contributed by atoms with Gasteiger partial charge >= 0.3 is 0 Å². The number of aromatic nitrogens is 4. The summed E-state index contributed by atoms with van der Waals surface area (Å²) in [6.45, 7) is 3.98. The average Bonchev–Trinajstić information content (AvgIpc) is 3.30. The molecular formula is C25H28N6O. The summed E-state index contributed by atoms with van der Waals surface area (Å²) >= 11 is 0. The number of anilines is 2. The number of hydrogen-bond acceptors (Lipinski definition) is 6. The largest absolute Gasteiger partial charge is 0.394 e. The van der Waals surface area contributed by atoms with E-state index in [2.05, 4.69) is 44.6 Å². The first-order valence-electron chi connectivity index (χ1n) is 11.3. The van der Waals surface area contributed by atoms with Crippen LogP contribution in [-0.4, -0.2) is 49.5 Å². The Morgan fingerprint density at radius 2 is 1.78 bits per heavy atom. The van der Waals surface area contributed by atoms with Crippen LogP contribution < -0.4 is 5.32 Å². The van der Waals surface area contributed by atoms with Crippen LogP contribution in [0.25, 0.3) is 22.0 Å². The van der Waals surface area contributed by atoms with E-state index in [0.29, 0.717) is 12.5 Å². The Bertz CT molecular complexity index is 1180. The first kappa shape index (κ1) is 20.6. The van der Waals surface area contributed by atoms with E-state index in [0.717, 1.165) is 34.3 Å². The van der Waals surface area contributed by atoms with Crippen LogP contribution in [0, 0.1) is 0 Å². The molecule has 164 valence electrons. The number of likely N-dealkylation sites (tertiary alicyclic amines) is 1. The van der Waals surface area contributed by atoms with E-state index in [1.165, 1.54) is 37.9 Å². The maximum Gasteiger partial charge on any atom is 0.227 e. The first-order valence-corrected chi connectivity index (χ1v) is 11.3. The fraction of sp³-hybridized carbons (Fsp3) is 0.320. The van der Waals surface area contributed by atoms with Gasteiger partial charge in [0, 0.05) is 35.6 Å². The molecule has 0 amide bonds. The highest BCUT2D eigenvalue weighted by Gasteiger charge is 2.10. The monoisotopic (exact) mass is 428 g/mol. The second-order valence-electron chi connectivity index (χ2n) is 8.34. The van der Waals surface area contributed by atoms with E-state index in [1.807, 2.05) is 36.8 Å². The number of benzene rings is 2. The number of fused-ring (bicyclic) bond motifs is 1. The van der Waals surface area contributed by atoms with Gasteiger partial charge in [0.25, 0.3) is 0 Å². The normalized spacial score (nSPS) is 14.7. The van der Waals surface area contributed by atoms with E-state index in [-0.39, 0.29) is 6.61 Å². The van der Waals surface area contributed by atoms with E-state index < -0.39 is 0 Å². The summed E-state index contributed by atoms with van der Waals surface area (Å²) in [7, 11) is 0. The smallest absolute Gasteiger partial charge is 0.227 e. The predicted molar refractivity (Wildman–Crippen MR) is 127 cm³/mol. The number of piperidine rings is 1. The maximum absolute atomic E-state index is 9.09. The van der Waals surface area contributed by atoms with E-state index in [1.54, 1.807) is 4.68 Å². The second-order valence-corrected chi connectivity index (χ2v) is 8.34. The first-order chi connectivity index (χ1) is 15.8. The molecule has 0 unspecified atom stereocenters. The average molecular weight is 429 g/mol. The van der Waals surface area contributed by atoms with Gasteiger partial charge in [-0.05, 0) is 55.3 Å². The molecule has 7 nitrogen and oxygen atoms in total. The summed E-state index contributed by atoms with van der Waals surface area (Å²) in [4.78, 5) is 11.7. The molecule has 7 heteroatoms. The molecule has 2 aromatic heterocycles. The molecule has 2 N–H and O–H groups in total. The minimum atomic E-state index is 0.0698. The van der Waals surface area contributed by atoms with Gasteiger partial charge in [0.05, 0.1) is 24.9 Å². The zero-order chi connectivity index (χ0) is 21.8. The maximum atomic E-state index is 9.09. The van der Waals surface area contributed by atoms with Crippen LogP contribution in [0.15, 0.2) is 61.1 Å². The third-order valence-electron chi connectivity index (χ3n) is 5.94. The molecule has 0 bridgehead atoms. The van der Waals surface area contributed by atoms with Crippen molar-refractivity contribution in [1.82, 2.24) is 24.6 Å². The molecule has 1 saturated heterocycles. The predicted octanol–water partition coefficient (Wildman–Crippen LogP) is 4.22. The molecule has 0 spiro atoms. The number of rotatable bonds is 7. The second kappa shape index (κ2) is 9.46. The number of hydrogen-bond donors (Lipinski definition) is 2. The summed E-state index contributed by atoms with van der Waals surface area (Å²) < 4.78 is 1.74. The summed E-state index contributed by atoms with van der Waals surface area (Å²) in [6, 6.07) is 14.7. The standard InChI is InChI=1S/C25H28N6O/c32-13-12-31-18-22(16-27-31)20-6-7-21-15-26-25(29-24(21)14-20)28-23-8-4-19(5-9-23)17-30-10-2-1-3-11-30/h4-9,14-16,18,32H,1-3,10-13,17H2,(H,26,28,29). The molecule has 0 radical (unpaired) electrons. The highest BCUT2D eigenvalue weighted by Crippen LogP contribution is 2.24. The minimum Gasteiger partial charge on any atom is -0.394 e. The Balaban J connectivity index is 1.30. The Morgan fingerprint density at radius 3 is 2.59 bits per heavy atom. The number of aliphatic hydroxyl groups is 1. The lowest BCUT2D eigenvalue weighted by Gasteiger charge is -2.26. The molecule has 0 atom stereocenters. The van der Waals surface area contributed by atoms with Gasteiger partial charge in [0.1, 0.15) is 0 Å². The molecule has 0 saturated carbocycles. The lowest BCUT2D eigenvalue weighted by Crippen LogP contribution is -2.29. The van der Waals surface area contributed by atoms with Crippen molar-refractivity contribution in [3.8, 4) is 11.1 Å². The van der Waals surface area contributed by atoms with Crippen LogP contribution in [0.1, 0.15) is 24.8 Å². The van der Waals surface area contributed by atoms with Crippen molar-refractivity contribution < 1.29 is 5.11 Å². The molecule has 1 aliphatic rings. The summed E-state index contributed by atoms with van der Waals surface area (Å²) in [5, 5.41) is 17.7. The topological polar surface area (TPSA) is 79.1 Å². The van der Waals surface area contributed by atoms with Crippen LogP contribution in [0.4, 0.5) is 11.6 Å². The summed E-state index contributed by atoms with van der Waals surface area (Å²) in [5.74, 6) is 0.578. The molecular weight excluding hydrogens is 400 g/mol. The van der Waals surface area contributed by atoms with Crippen LogP contribution >= 0.6 is 0 Å². The van der Waals surface area contributed by atoms with Gasteiger partial charge in [-0.25, -0.2) is 9.97 Å². The van der Waals surface area contributed by atoms with Crippen molar-refractivity contribution in [1.29, 1.82) is 0 Å². The van der Waals surface area contributed by atoms with Gasteiger partial charge in [-0.3, -0.25) is 9.58 Å². The Hall–Kier alpha value is -3.29. The van der Waals surface area contributed by atoms with Crippen LogP contribution in [0.2, 0.25) is 0 Å². The van der Waals surface area contributed by atoms with Gasteiger partial charge < -0.3 is 10.4 Å². The fourth-order valence-electron chi connectivity index (χ4n) is 4.20. The molecule has 32 heavy (non-hydrogen) atoms. The molecule has 4 aromatic rings. The third kappa shape index (κ3) is 4.79. The summed E-state index contributed by atoms with van der Waals surface area (Å²) in [5.41, 5.74) is 5.22. The lowest BCUT2D eigenvalue weighted by atomic mass is 10.1. The van der Waals surface area contributed by atoms with Crippen LogP contribution in [0.5, 0.6) is 0 Å². The van der Waals surface area contributed by atoms with Crippen molar-refractivity contribution >= 4 is 22.5 Å². The number of aliphatic hydroxyl groups excluding tert-OH is 1. The molecule has 5 rings (SSSR count). The lowest BCUT2D eigenvalue weighted by molar-refractivity contribution is 0.221. The highest BCUT2D eigenvalue weighted by atomic mass is 16.3. The van der Waals surface area contributed by atoms with Crippen molar-refractivity contribution in [2.24, 2.45) is 0 Å². The van der Waals surface area contributed by atoms with Crippen LogP contribution in [0.3, 0.4) is 0 Å². The number of nitrogens with one attached hydrogen (secondary N) is 1. The zero-order valence-corrected chi connectivity index (χ0v) is 18.1. The third-order valence-corrected chi connectivity index (χ3v) is 5.94. The van der Waals surface area contributed by atoms with E-state index >= 15 is 0 Å². The van der Waals surface area contributed by atoms with Gasteiger partial charge in [0.2, 0.25) is 5.95 Å². The van der Waals surface area contributed by atoms with Gasteiger partial charge in [-0.2, -0.15) is 5.10 Å². The van der Waals surface area contributed by atoms with Crippen molar-refractivity contribution in [2.45, 2.75) is 32.4 Å². The van der Waals surface area contributed by atoms with Gasteiger partial charge in [-0.15, -0.1) is 0 Å². The van der Waals surface area contributed by atoms with Gasteiger partial charge in [-0.1, -0.05) is 30.7 Å². The minimum absolute atomic E-state index is 0.0698.